The molecule has 0 saturated carbocycles. The van der Waals surface area contributed by atoms with Crippen molar-refractivity contribution in [3.63, 3.8) is 0 Å². The van der Waals surface area contributed by atoms with Crippen LogP contribution in [0.5, 0.6) is 0 Å². The van der Waals surface area contributed by atoms with Gasteiger partial charge in [-0.2, -0.15) is 0 Å². The first kappa shape index (κ1) is 40.4. The predicted molar refractivity (Wildman–Crippen MR) is 184 cm³/mol. The summed E-state index contributed by atoms with van der Waals surface area (Å²) in [6, 6.07) is 14.7. The Morgan fingerprint density at radius 3 is 1.88 bits per heavy atom. The van der Waals surface area contributed by atoms with Crippen LogP contribution in [0.3, 0.4) is 0 Å². The smallest absolute Gasteiger partial charge is 0.347 e. The van der Waals surface area contributed by atoms with E-state index in [9.17, 15) is 23.6 Å². The van der Waals surface area contributed by atoms with Crippen LogP contribution in [0.15, 0.2) is 54.6 Å². The molecule has 0 aliphatic heterocycles. The highest BCUT2D eigenvalue weighted by atomic mass is 19.1. The van der Waals surface area contributed by atoms with Crippen molar-refractivity contribution < 1.29 is 37.8 Å². The molecule has 0 bridgehead atoms. The molecule has 266 valence electrons. The molecule has 0 aromatic heterocycles. The summed E-state index contributed by atoms with van der Waals surface area (Å²) in [4.78, 5) is 55.0. The monoisotopic (exact) mass is 670 g/mol. The maximum Gasteiger partial charge on any atom is 0.347 e. The Kier molecular flexibility index (Phi) is 14.3. The number of likely N-dealkylation sites (N-methyl/N-ethyl adjacent to an activating group) is 2. The third-order valence-corrected chi connectivity index (χ3v) is 7.84. The average Bonchev–Trinajstić information content (AvgIpc) is 2.99. The van der Waals surface area contributed by atoms with Crippen molar-refractivity contribution >= 4 is 23.8 Å². The maximum absolute atomic E-state index is 14.5. The second-order valence-corrected chi connectivity index (χ2v) is 15.2. The van der Waals surface area contributed by atoms with Gasteiger partial charge in [0.15, 0.2) is 12.2 Å². The first-order chi connectivity index (χ1) is 22.1. The minimum absolute atomic E-state index is 0.0162. The molecular weight excluding hydrogens is 615 g/mol. The number of esters is 3. The van der Waals surface area contributed by atoms with Gasteiger partial charge in [-0.3, -0.25) is 9.59 Å². The van der Waals surface area contributed by atoms with Gasteiger partial charge in [0.1, 0.15) is 24.4 Å². The topological polar surface area (TPSA) is 111 Å². The number of alkyl halides is 1. The van der Waals surface area contributed by atoms with Crippen LogP contribution in [-0.2, 0) is 51.8 Å². The highest BCUT2D eigenvalue weighted by molar-refractivity contribution is 5.90. The minimum Gasteiger partial charge on any atom is -0.458 e. The molecule has 9 nitrogen and oxygen atoms in total. The summed E-state index contributed by atoms with van der Waals surface area (Å²) in [5.41, 5.74) is 0.405. The highest BCUT2D eigenvalue weighted by Crippen LogP contribution is 2.27. The molecule has 48 heavy (non-hydrogen) atoms. The van der Waals surface area contributed by atoms with E-state index in [0.29, 0.717) is 0 Å². The fraction of sp³-hybridized carbons (Fsp3) is 0.579. The number of benzene rings is 2. The van der Waals surface area contributed by atoms with E-state index in [2.05, 4.69) is 26.1 Å². The van der Waals surface area contributed by atoms with Gasteiger partial charge >= 0.3 is 17.9 Å². The Balaban J connectivity index is 2.35. The Labute approximate surface area is 285 Å². The number of hydrogen-bond acceptors (Lipinski definition) is 8. The van der Waals surface area contributed by atoms with Crippen molar-refractivity contribution in [2.45, 2.75) is 124 Å². The average molecular weight is 671 g/mol. The van der Waals surface area contributed by atoms with Crippen LogP contribution in [0.1, 0.15) is 91.8 Å². The molecule has 1 unspecified atom stereocenters. The maximum atomic E-state index is 14.5. The summed E-state index contributed by atoms with van der Waals surface area (Å²) >= 11 is 0. The largest absolute Gasteiger partial charge is 0.458 e. The summed E-state index contributed by atoms with van der Waals surface area (Å²) in [5, 5.41) is 2.79. The van der Waals surface area contributed by atoms with Crippen LogP contribution >= 0.6 is 0 Å². The Morgan fingerprint density at radius 1 is 0.792 bits per heavy atom. The standard InChI is InChI=1S/C38H55FN2O7/c1-25(33(43)46-24-27-15-13-12-14-16-27)47-35(45)30(23-36(2,3)4)41(11)32(42)31(48-34(44)29(40-10)22-38(8,9)39)21-26-17-19-28(20-18-26)37(5,6)7/h12-20,25,29-31,40H,21-24H2,1-11H3/t25?,29-,30-,31+/m0/s1. The molecule has 0 aliphatic carbocycles. The van der Waals surface area contributed by atoms with E-state index in [-0.39, 0.29) is 31.3 Å². The number of carbonyl (C=O) groups is 4. The number of rotatable bonds is 15. The molecule has 4 atom stereocenters. The van der Waals surface area contributed by atoms with Crippen LogP contribution < -0.4 is 5.32 Å². The zero-order valence-corrected chi connectivity index (χ0v) is 30.5. The first-order valence-electron chi connectivity index (χ1n) is 16.4. The SMILES string of the molecule is CN[C@@H](CC(C)(C)F)C(=O)O[C@H](Cc1ccc(C(C)(C)C)cc1)C(=O)N(C)[C@@H](CC(C)(C)C)C(=O)OC(C)C(=O)OCc1ccccc1. The van der Waals surface area contributed by atoms with Crippen molar-refractivity contribution in [2.75, 3.05) is 14.1 Å². The van der Waals surface area contributed by atoms with Crippen LogP contribution in [-0.4, -0.2) is 72.8 Å². The summed E-state index contributed by atoms with van der Waals surface area (Å²) in [6.45, 7) is 16.2. The van der Waals surface area contributed by atoms with E-state index in [1.54, 1.807) is 0 Å². The molecule has 0 saturated heterocycles. The lowest BCUT2D eigenvalue weighted by molar-refractivity contribution is -0.174. The third-order valence-electron chi connectivity index (χ3n) is 7.84. The summed E-state index contributed by atoms with van der Waals surface area (Å²) in [5.74, 6) is -2.94. The molecule has 1 amide bonds. The first-order valence-corrected chi connectivity index (χ1v) is 16.4. The summed E-state index contributed by atoms with van der Waals surface area (Å²) in [7, 11) is 2.97. The van der Waals surface area contributed by atoms with E-state index in [4.69, 9.17) is 14.2 Å². The van der Waals surface area contributed by atoms with E-state index in [1.807, 2.05) is 75.4 Å². The normalized spacial score (nSPS) is 14.7. The molecule has 0 radical (unpaired) electrons. The predicted octanol–water partition coefficient (Wildman–Crippen LogP) is 6.10. The number of nitrogens with zero attached hydrogens (tertiary/aromatic N) is 1. The van der Waals surface area contributed by atoms with Crippen LogP contribution in [0.4, 0.5) is 4.39 Å². The Hall–Kier alpha value is -3.79. The second kappa shape index (κ2) is 17.0. The van der Waals surface area contributed by atoms with Gasteiger partial charge in [0, 0.05) is 19.9 Å². The molecule has 10 heteroatoms. The van der Waals surface area contributed by atoms with Gasteiger partial charge in [-0.1, -0.05) is 96.1 Å². The molecule has 0 heterocycles. The number of carbonyl (C=O) groups excluding carboxylic acids is 4. The van der Waals surface area contributed by atoms with E-state index in [0.717, 1.165) is 16.7 Å². The highest BCUT2D eigenvalue weighted by Gasteiger charge is 2.39. The zero-order chi connectivity index (χ0) is 36.4. The molecule has 1 N–H and O–H groups in total. The van der Waals surface area contributed by atoms with Crippen LogP contribution in [0, 0.1) is 5.41 Å². The fourth-order valence-corrected chi connectivity index (χ4v) is 5.03. The second-order valence-electron chi connectivity index (χ2n) is 15.2. The fourth-order valence-electron chi connectivity index (χ4n) is 5.03. The van der Waals surface area contributed by atoms with Gasteiger partial charge in [0.2, 0.25) is 0 Å². The van der Waals surface area contributed by atoms with Gasteiger partial charge in [0.25, 0.3) is 5.91 Å². The molecule has 0 aliphatic rings. The zero-order valence-electron chi connectivity index (χ0n) is 30.5. The summed E-state index contributed by atoms with van der Waals surface area (Å²) < 4.78 is 31.2. The molecule has 0 fully saturated rings. The lowest BCUT2D eigenvalue weighted by Gasteiger charge is -2.34. The quantitative estimate of drug-likeness (QED) is 0.179. The van der Waals surface area contributed by atoms with Gasteiger partial charge in [-0.15, -0.1) is 0 Å². The van der Waals surface area contributed by atoms with Gasteiger partial charge in [-0.25, -0.2) is 14.0 Å². The van der Waals surface area contributed by atoms with Crippen LogP contribution in [0.25, 0.3) is 0 Å². The molecule has 2 rings (SSSR count). The van der Waals surface area contributed by atoms with Gasteiger partial charge in [0.05, 0.1) is 0 Å². The van der Waals surface area contributed by atoms with Crippen molar-refractivity contribution in [1.82, 2.24) is 10.2 Å². The van der Waals surface area contributed by atoms with Crippen molar-refractivity contribution in [1.29, 1.82) is 0 Å². The van der Waals surface area contributed by atoms with Crippen LogP contribution in [0.2, 0.25) is 0 Å². The van der Waals surface area contributed by atoms with E-state index in [1.165, 1.54) is 39.8 Å². The molecule has 2 aromatic carbocycles. The Morgan fingerprint density at radius 2 is 1.38 bits per heavy atom. The molecule has 0 spiro atoms. The van der Waals surface area contributed by atoms with E-state index < -0.39 is 59.2 Å². The third kappa shape index (κ3) is 13.4. The lowest BCUT2D eigenvalue weighted by atomic mass is 9.86. The number of ether oxygens (including phenoxy) is 3. The van der Waals surface area contributed by atoms with Crippen molar-refractivity contribution in [3.8, 4) is 0 Å². The van der Waals surface area contributed by atoms with Gasteiger partial charge in [-0.05, 0) is 61.8 Å². The molecular formula is C38H55FN2O7. The van der Waals surface area contributed by atoms with Crippen molar-refractivity contribution in [3.05, 3.63) is 71.3 Å². The number of halogens is 1. The molecule has 2 aromatic rings. The summed E-state index contributed by atoms with van der Waals surface area (Å²) in [6.07, 6.45) is -2.52. The van der Waals surface area contributed by atoms with Crippen molar-refractivity contribution in [2.24, 2.45) is 5.41 Å². The van der Waals surface area contributed by atoms with E-state index >= 15 is 0 Å². The Bertz CT molecular complexity index is 1360. The number of amides is 1. The number of hydrogen-bond donors (Lipinski definition) is 1. The van der Waals surface area contributed by atoms with Gasteiger partial charge < -0.3 is 24.4 Å². The lowest BCUT2D eigenvalue weighted by Crippen LogP contribution is -2.52. The minimum atomic E-state index is -1.67. The number of nitrogens with one attached hydrogen (secondary N) is 1.